The fourth-order valence-electron chi connectivity index (χ4n) is 3.92. The van der Waals surface area contributed by atoms with Gasteiger partial charge in [0.05, 0.1) is 19.3 Å². The fourth-order valence-corrected chi connectivity index (χ4v) is 3.92. The van der Waals surface area contributed by atoms with E-state index in [2.05, 4.69) is 10.6 Å². The smallest absolute Gasteiger partial charge is 0.326 e. The van der Waals surface area contributed by atoms with E-state index in [9.17, 15) is 33.6 Å². The van der Waals surface area contributed by atoms with Gasteiger partial charge < -0.3 is 37.4 Å². The van der Waals surface area contributed by atoms with Crippen LogP contribution in [0, 0.1) is 0 Å². The van der Waals surface area contributed by atoms with Gasteiger partial charge in [0.25, 0.3) is 0 Å². The van der Waals surface area contributed by atoms with Gasteiger partial charge >= 0.3 is 17.9 Å². The molecule has 0 radical (unpaired) electrons. The zero-order valence-electron chi connectivity index (χ0n) is 26.1. The molecule has 0 saturated carbocycles. The van der Waals surface area contributed by atoms with Crippen molar-refractivity contribution in [1.29, 1.82) is 0 Å². The third-order valence-corrected chi connectivity index (χ3v) is 6.25. The van der Waals surface area contributed by atoms with E-state index in [4.69, 9.17) is 26.8 Å². The predicted molar refractivity (Wildman–Crippen MR) is 174 cm³/mol. The van der Waals surface area contributed by atoms with Crippen molar-refractivity contribution in [3.05, 3.63) is 108 Å². The first-order chi connectivity index (χ1) is 22.8. The van der Waals surface area contributed by atoms with Gasteiger partial charge in [0.1, 0.15) is 12.1 Å². The Labute approximate surface area is 277 Å². The Morgan fingerprint density at radius 2 is 0.896 bits per heavy atom. The molecule has 0 aliphatic rings. The third kappa shape index (κ3) is 19.4. The number of carboxylic acids is 3. The molecule has 0 aromatic heterocycles. The molecule has 2 atom stereocenters. The Morgan fingerprint density at radius 1 is 0.521 bits per heavy atom. The van der Waals surface area contributed by atoms with Crippen LogP contribution in [0.3, 0.4) is 0 Å². The van der Waals surface area contributed by atoms with Crippen LogP contribution in [-0.4, -0.2) is 68.9 Å². The van der Waals surface area contributed by atoms with Crippen molar-refractivity contribution >= 4 is 41.5 Å². The molecule has 0 bridgehead atoms. The Balaban J connectivity index is 0.000000378. The Kier molecular flexibility index (Phi) is 18.7. The van der Waals surface area contributed by atoms with Gasteiger partial charge in [0.15, 0.2) is 0 Å². The highest BCUT2D eigenvalue weighted by Gasteiger charge is 2.21. The molecular formula is C34H40N4O10. The van der Waals surface area contributed by atoms with E-state index in [-0.39, 0.29) is 50.9 Å². The molecular weight excluding hydrogens is 624 g/mol. The Morgan fingerprint density at radius 3 is 1.23 bits per heavy atom. The molecule has 0 saturated heterocycles. The predicted octanol–water partition coefficient (Wildman–Crippen LogP) is 1.44. The molecule has 14 heteroatoms. The van der Waals surface area contributed by atoms with Crippen LogP contribution in [0.2, 0.25) is 0 Å². The van der Waals surface area contributed by atoms with Crippen LogP contribution in [0.15, 0.2) is 91.0 Å². The van der Waals surface area contributed by atoms with E-state index >= 15 is 0 Å². The summed E-state index contributed by atoms with van der Waals surface area (Å²) in [5.74, 6) is -5.09. The summed E-state index contributed by atoms with van der Waals surface area (Å²) in [7, 11) is 0. The van der Waals surface area contributed by atoms with Crippen molar-refractivity contribution < 1.29 is 48.9 Å². The number of aliphatic carboxylic acids is 3. The first-order valence-electron chi connectivity index (χ1n) is 14.7. The molecule has 0 fully saturated rings. The minimum atomic E-state index is -1.18. The summed E-state index contributed by atoms with van der Waals surface area (Å²) in [5.41, 5.74) is 12.5. The average Bonchev–Trinajstić information content (AvgIpc) is 3.02. The van der Waals surface area contributed by atoms with Crippen LogP contribution in [0.4, 0.5) is 0 Å². The first-order valence-corrected chi connectivity index (χ1v) is 14.7. The van der Waals surface area contributed by atoms with Crippen molar-refractivity contribution in [2.75, 3.05) is 0 Å². The standard InChI is InChI=1S/2C13H16N2O4.C8H8O2/c14-13(19)10(6-7-12(17)18)15-11(16)8-9-4-2-1-3-5-9;14-11(16)7-6-10(13(18)19)15-12(17)8-9-4-2-1-3-5-9;9-8(10)6-7-4-2-1-3-5-7/h1-5,10H,6-8H2,(H2,14,19)(H,15,16)(H,17,18);1-5,10H,6-8H2,(H2,14,16)(H,15,17)(H,18,19);1-5H,6H2,(H,9,10). The molecule has 2 unspecified atom stereocenters. The van der Waals surface area contributed by atoms with Gasteiger partial charge in [-0.1, -0.05) is 91.0 Å². The average molecular weight is 665 g/mol. The molecule has 256 valence electrons. The van der Waals surface area contributed by atoms with Crippen molar-refractivity contribution in [3.8, 4) is 0 Å². The summed E-state index contributed by atoms with van der Waals surface area (Å²) in [6.07, 6.45) is 0.0118. The minimum absolute atomic E-state index is 0.00873. The van der Waals surface area contributed by atoms with E-state index in [0.717, 1.165) is 16.7 Å². The summed E-state index contributed by atoms with van der Waals surface area (Å²) in [6, 6.07) is 25.1. The van der Waals surface area contributed by atoms with Gasteiger partial charge in [0.2, 0.25) is 23.6 Å². The molecule has 0 heterocycles. The van der Waals surface area contributed by atoms with Crippen LogP contribution >= 0.6 is 0 Å². The maximum absolute atomic E-state index is 11.7. The summed E-state index contributed by atoms with van der Waals surface area (Å²) >= 11 is 0. The highest BCUT2D eigenvalue weighted by atomic mass is 16.4. The topological polar surface area (TPSA) is 256 Å². The van der Waals surface area contributed by atoms with Crippen LogP contribution in [0.1, 0.15) is 42.4 Å². The molecule has 3 aromatic rings. The molecule has 14 nitrogen and oxygen atoms in total. The van der Waals surface area contributed by atoms with E-state index < -0.39 is 47.7 Å². The number of primary amides is 2. The number of hydrogen-bond donors (Lipinski definition) is 7. The highest BCUT2D eigenvalue weighted by molar-refractivity contribution is 5.88. The largest absolute Gasteiger partial charge is 0.481 e. The number of carboxylic acid groups (broad SMARTS) is 3. The highest BCUT2D eigenvalue weighted by Crippen LogP contribution is 2.04. The van der Waals surface area contributed by atoms with Gasteiger partial charge in [-0.2, -0.15) is 0 Å². The van der Waals surface area contributed by atoms with E-state index in [1.807, 2.05) is 30.3 Å². The lowest BCUT2D eigenvalue weighted by Crippen LogP contribution is -2.45. The van der Waals surface area contributed by atoms with Crippen molar-refractivity contribution in [2.45, 2.75) is 57.0 Å². The van der Waals surface area contributed by atoms with Crippen molar-refractivity contribution in [2.24, 2.45) is 11.5 Å². The summed E-state index contributed by atoms with van der Waals surface area (Å²) in [4.78, 5) is 76.7. The number of carbonyl (C=O) groups excluding carboxylic acids is 4. The lowest BCUT2D eigenvalue weighted by Gasteiger charge is -2.14. The quantitative estimate of drug-likeness (QED) is 0.116. The molecule has 0 spiro atoms. The summed E-state index contributed by atoms with van der Waals surface area (Å²) < 4.78 is 0. The summed E-state index contributed by atoms with van der Waals surface area (Å²) in [5, 5.41) is 30.7. The number of amides is 4. The molecule has 4 amide bonds. The van der Waals surface area contributed by atoms with Gasteiger partial charge in [-0.25, -0.2) is 4.79 Å². The third-order valence-electron chi connectivity index (χ3n) is 6.25. The van der Waals surface area contributed by atoms with Crippen LogP contribution in [0.25, 0.3) is 0 Å². The second kappa shape index (κ2) is 22.5. The van der Waals surface area contributed by atoms with Crippen molar-refractivity contribution in [1.82, 2.24) is 10.6 Å². The zero-order chi connectivity index (χ0) is 35.9. The molecule has 0 aliphatic carbocycles. The summed E-state index contributed by atoms with van der Waals surface area (Å²) in [6.45, 7) is 0. The SMILES string of the molecule is NC(=O)C(CCC(=O)O)NC(=O)Cc1ccccc1.NC(=O)CCC(NC(=O)Cc1ccccc1)C(=O)O.O=C(O)Cc1ccccc1. The number of carbonyl (C=O) groups is 7. The van der Waals surface area contributed by atoms with E-state index in [0.29, 0.717) is 0 Å². The van der Waals surface area contributed by atoms with Gasteiger partial charge in [-0.3, -0.25) is 28.8 Å². The van der Waals surface area contributed by atoms with Crippen LogP contribution in [0.5, 0.6) is 0 Å². The Bertz CT molecular complexity index is 1400. The zero-order valence-corrected chi connectivity index (χ0v) is 26.1. The lowest BCUT2D eigenvalue weighted by molar-refractivity contribution is -0.142. The van der Waals surface area contributed by atoms with Crippen LogP contribution in [-0.2, 0) is 52.8 Å². The fraction of sp³-hybridized carbons (Fsp3) is 0.265. The molecule has 3 rings (SSSR count). The molecule has 0 aliphatic heterocycles. The number of nitrogens with two attached hydrogens (primary N) is 2. The molecule has 3 aromatic carbocycles. The molecule has 9 N–H and O–H groups in total. The maximum atomic E-state index is 11.7. The first kappa shape index (κ1) is 40.0. The second-order valence-corrected chi connectivity index (χ2v) is 10.3. The Hall–Kier alpha value is -6.05. The maximum Gasteiger partial charge on any atom is 0.326 e. The molecule has 48 heavy (non-hydrogen) atoms. The minimum Gasteiger partial charge on any atom is -0.481 e. The van der Waals surface area contributed by atoms with Gasteiger partial charge in [-0.15, -0.1) is 0 Å². The number of benzene rings is 3. The number of rotatable bonds is 16. The number of hydrogen-bond acceptors (Lipinski definition) is 7. The van der Waals surface area contributed by atoms with E-state index in [1.165, 1.54) is 0 Å². The van der Waals surface area contributed by atoms with Crippen molar-refractivity contribution in [3.63, 3.8) is 0 Å². The second-order valence-electron chi connectivity index (χ2n) is 10.3. The van der Waals surface area contributed by atoms with Crippen LogP contribution < -0.4 is 22.1 Å². The number of nitrogens with one attached hydrogen (secondary N) is 2. The van der Waals surface area contributed by atoms with E-state index in [1.54, 1.807) is 60.7 Å². The monoisotopic (exact) mass is 664 g/mol. The van der Waals surface area contributed by atoms with Gasteiger partial charge in [-0.05, 0) is 29.5 Å². The van der Waals surface area contributed by atoms with Gasteiger partial charge in [0, 0.05) is 12.8 Å². The normalized spacial score (nSPS) is 11.1. The lowest BCUT2D eigenvalue weighted by atomic mass is 10.1.